The van der Waals surface area contributed by atoms with Gasteiger partial charge in [0.25, 0.3) is 11.5 Å². The van der Waals surface area contributed by atoms with Crippen molar-refractivity contribution in [2.75, 3.05) is 0 Å². The number of nitrogens with zero attached hydrogens (tertiary/aromatic N) is 2. The monoisotopic (exact) mass is 472 g/mol. The molecule has 0 saturated carbocycles. The number of aromatic nitrogens is 2. The Morgan fingerprint density at radius 3 is 2.16 bits per heavy atom. The normalized spacial score (nSPS) is 10.9. The van der Waals surface area contributed by atoms with Crippen molar-refractivity contribution in [2.45, 2.75) is 0 Å². The molecule has 0 aliphatic carbocycles. The molecule has 1 heterocycles. The van der Waals surface area contributed by atoms with Crippen LogP contribution < -0.4 is 11.0 Å². The van der Waals surface area contributed by atoms with Crippen LogP contribution in [0.5, 0.6) is 0 Å². The standard InChI is InChI=1S/C24H17BrN4O2/c25-19-13-11-16(12-14-19)15-26-28-23(30)21-20(17-7-3-1-4-8-17)22(27-29-24(21)31)18-9-5-2-6-10-18/h1-15H,(H,28,30)(H,29,31). The van der Waals surface area contributed by atoms with E-state index in [9.17, 15) is 9.59 Å². The van der Waals surface area contributed by atoms with Crippen LogP contribution in [0.4, 0.5) is 0 Å². The highest BCUT2D eigenvalue weighted by atomic mass is 79.9. The Kier molecular flexibility index (Phi) is 6.14. The molecule has 7 heteroatoms. The average Bonchev–Trinajstić information content (AvgIpc) is 2.81. The van der Waals surface area contributed by atoms with Gasteiger partial charge in [0.1, 0.15) is 5.56 Å². The average molecular weight is 473 g/mol. The number of hydrogen-bond acceptors (Lipinski definition) is 4. The van der Waals surface area contributed by atoms with E-state index >= 15 is 0 Å². The summed E-state index contributed by atoms with van der Waals surface area (Å²) in [6.07, 6.45) is 1.51. The summed E-state index contributed by atoms with van der Waals surface area (Å²) in [6, 6.07) is 26.1. The minimum atomic E-state index is -0.618. The van der Waals surface area contributed by atoms with Gasteiger partial charge >= 0.3 is 0 Å². The number of rotatable bonds is 5. The second kappa shape index (κ2) is 9.32. The van der Waals surface area contributed by atoms with Gasteiger partial charge in [-0.25, -0.2) is 10.5 Å². The molecule has 1 aromatic heterocycles. The molecule has 0 aliphatic rings. The minimum absolute atomic E-state index is 0.0481. The first-order valence-electron chi connectivity index (χ1n) is 9.46. The van der Waals surface area contributed by atoms with Gasteiger partial charge in [-0.15, -0.1) is 0 Å². The van der Waals surface area contributed by atoms with Crippen molar-refractivity contribution in [2.24, 2.45) is 5.10 Å². The fraction of sp³-hybridized carbons (Fsp3) is 0. The number of carbonyl (C=O) groups excluding carboxylic acids is 1. The van der Waals surface area contributed by atoms with Crippen LogP contribution in [0.15, 0.2) is 99.3 Å². The third kappa shape index (κ3) is 4.67. The Morgan fingerprint density at radius 2 is 1.52 bits per heavy atom. The number of H-pyrrole nitrogens is 1. The lowest BCUT2D eigenvalue weighted by Gasteiger charge is -2.12. The molecule has 0 unspecified atom stereocenters. The summed E-state index contributed by atoms with van der Waals surface area (Å²) < 4.78 is 0.943. The number of aromatic amines is 1. The number of hydrogen-bond donors (Lipinski definition) is 2. The Morgan fingerprint density at radius 1 is 0.903 bits per heavy atom. The summed E-state index contributed by atoms with van der Waals surface area (Å²) in [7, 11) is 0. The number of amides is 1. The van der Waals surface area contributed by atoms with Crippen LogP contribution in [-0.4, -0.2) is 22.3 Å². The summed E-state index contributed by atoms with van der Waals surface area (Å²) in [5, 5.41) is 10.7. The maximum atomic E-state index is 13.0. The van der Waals surface area contributed by atoms with Gasteiger partial charge in [0.05, 0.1) is 11.9 Å². The molecule has 0 spiro atoms. The first kappa shape index (κ1) is 20.4. The topological polar surface area (TPSA) is 87.2 Å². The van der Waals surface area contributed by atoms with Crippen molar-refractivity contribution < 1.29 is 4.79 Å². The largest absolute Gasteiger partial charge is 0.277 e. The van der Waals surface area contributed by atoms with E-state index in [4.69, 9.17) is 0 Å². The number of hydrazone groups is 1. The quantitative estimate of drug-likeness (QED) is 0.327. The summed E-state index contributed by atoms with van der Waals surface area (Å²) in [5.41, 5.74) is 5.08. The number of nitrogens with one attached hydrogen (secondary N) is 2. The molecular weight excluding hydrogens is 456 g/mol. The van der Waals surface area contributed by atoms with Gasteiger partial charge in [-0.1, -0.05) is 88.7 Å². The lowest BCUT2D eigenvalue weighted by Crippen LogP contribution is -2.28. The van der Waals surface area contributed by atoms with Gasteiger partial charge in [-0.2, -0.15) is 10.2 Å². The van der Waals surface area contributed by atoms with Gasteiger partial charge in [0.2, 0.25) is 0 Å². The van der Waals surface area contributed by atoms with Crippen LogP contribution in [0.1, 0.15) is 15.9 Å². The van der Waals surface area contributed by atoms with E-state index in [-0.39, 0.29) is 5.56 Å². The highest BCUT2D eigenvalue weighted by molar-refractivity contribution is 9.10. The third-order valence-electron chi connectivity index (χ3n) is 4.57. The zero-order valence-electron chi connectivity index (χ0n) is 16.2. The predicted octanol–water partition coefficient (Wildman–Crippen LogP) is 4.63. The van der Waals surface area contributed by atoms with E-state index in [2.05, 4.69) is 36.7 Å². The molecule has 0 saturated heterocycles. The fourth-order valence-corrected chi connectivity index (χ4v) is 3.39. The van der Waals surface area contributed by atoms with Crippen molar-refractivity contribution in [3.8, 4) is 22.4 Å². The van der Waals surface area contributed by atoms with E-state index < -0.39 is 11.5 Å². The molecule has 31 heavy (non-hydrogen) atoms. The zero-order valence-corrected chi connectivity index (χ0v) is 17.8. The summed E-state index contributed by atoms with van der Waals surface area (Å²) in [6.45, 7) is 0. The molecule has 3 aromatic carbocycles. The molecule has 0 bridgehead atoms. The molecular formula is C24H17BrN4O2. The Bertz CT molecular complexity index is 1280. The smallest absolute Gasteiger partial charge is 0.267 e. The van der Waals surface area contributed by atoms with Crippen molar-refractivity contribution >= 4 is 28.1 Å². The van der Waals surface area contributed by atoms with Gasteiger partial charge in [0.15, 0.2) is 0 Å². The fourth-order valence-electron chi connectivity index (χ4n) is 3.13. The van der Waals surface area contributed by atoms with Crippen LogP contribution in [-0.2, 0) is 0 Å². The van der Waals surface area contributed by atoms with Crippen molar-refractivity contribution in [1.82, 2.24) is 15.6 Å². The molecule has 2 N–H and O–H groups in total. The summed E-state index contributed by atoms with van der Waals surface area (Å²) in [4.78, 5) is 25.7. The van der Waals surface area contributed by atoms with Crippen molar-refractivity contribution in [1.29, 1.82) is 0 Å². The SMILES string of the molecule is O=C(NN=Cc1ccc(Br)cc1)c1c(-c2ccccc2)c(-c2ccccc2)n[nH]c1=O. The molecule has 4 aromatic rings. The molecule has 0 atom stereocenters. The molecule has 0 radical (unpaired) electrons. The van der Waals surface area contributed by atoms with Crippen molar-refractivity contribution in [3.05, 3.63) is 111 Å². The predicted molar refractivity (Wildman–Crippen MR) is 125 cm³/mol. The van der Waals surface area contributed by atoms with Crippen LogP contribution in [0, 0.1) is 0 Å². The van der Waals surface area contributed by atoms with Gasteiger partial charge < -0.3 is 0 Å². The van der Waals surface area contributed by atoms with Crippen LogP contribution in [0.25, 0.3) is 22.4 Å². The zero-order chi connectivity index (χ0) is 21.6. The summed E-state index contributed by atoms with van der Waals surface area (Å²) >= 11 is 3.37. The molecule has 0 aliphatic heterocycles. The van der Waals surface area contributed by atoms with Crippen LogP contribution >= 0.6 is 15.9 Å². The highest BCUT2D eigenvalue weighted by Gasteiger charge is 2.22. The Labute approximate surface area is 186 Å². The van der Waals surface area contributed by atoms with E-state index in [0.29, 0.717) is 16.8 Å². The van der Waals surface area contributed by atoms with Gasteiger partial charge in [0, 0.05) is 15.6 Å². The van der Waals surface area contributed by atoms with Crippen LogP contribution in [0.2, 0.25) is 0 Å². The maximum Gasteiger partial charge on any atom is 0.277 e. The number of halogens is 1. The van der Waals surface area contributed by atoms with E-state index in [1.165, 1.54) is 6.21 Å². The van der Waals surface area contributed by atoms with Gasteiger partial charge in [-0.3, -0.25) is 9.59 Å². The van der Waals surface area contributed by atoms with E-state index in [1.807, 2.05) is 84.9 Å². The first-order chi connectivity index (χ1) is 15.1. The first-order valence-corrected chi connectivity index (χ1v) is 10.3. The molecule has 1 amide bonds. The second-order valence-corrected chi connectivity index (χ2v) is 7.55. The van der Waals surface area contributed by atoms with Crippen LogP contribution in [0.3, 0.4) is 0 Å². The minimum Gasteiger partial charge on any atom is -0.267 e. The summed E-state index contributed by atoms with van der Waals surface area (Å²) in [5.74, 6) is -0.618. The third-order valence-corrected chi connectivity index (χ3v) is 5.10. The van der Waals surface area contributed by atoms with E-state index in [1.54, 1.807) is 0 Å². The highest BCUT2D eigenvalue weighted by Crippen LogP contribution is 2.31. The Hall–Kier alpha value is -3.84. The number of carbonyl (C=O) groups is 1. The molecule has 6 nitrogen and oxygen atoms in total. The lowest BCUT2D eigenvalue weighted by molar-refractivity contribution is 0.0954. The molecule has 4 rings (SSSR count). The van der Waals surface area contributed by atoms with Crippen molar-refractivity contribution in [3.63, 3.8) is 0 Å². The Balaban J connectivity index is 1.76. The molecule has 152 valence electrons. The van der Waals surface area contributed by atoms with Gasteiger partial charge in [-0.05, 0) is 23.3 Å². The lowest BCUT2D eigenvalue weighted by atomic mass is 9.95. The molecule has 0 fully saturated rings. The maximum absolute atomic E-state index is 13.0. The number of benzene rings is 3. The van der Waals surface area contributed by atoms with E-state index in [0.717, 1.165) is 15.6 Å². The second-order valence-electron chi connectivity index (χ2n) is 6.63.